The molecule has 0 saturated heterocycles. The van der Waals surface area contributed by atoms with E-state index in [2.05, 4.69) is 15.9 Å². The van der Waals surface area contributed by atoms with E-state index in [1.54, 1.807) is 0 Å². The predicted molar refractivity (Wildman–Crippen MR) is 139 cm³/mol. The van der Waals surface area contributed by atoms with Gasteiger partial charge in [0.15, 0.2) is 22.1 Å². The molecule has 0 atom stereocenters. The van der Waals surface area contributed by atoms with Crippen LogP contribution in [0.3, 0.4) is 0 Å². The van der Waals surface area contributed by atoms with Crippen molar-refractivity contribution in [3.05, 3.63) is 99.3 Å². The third-order valence-corrected chi connectivity index (χ3v) is 7.25. The highest BCUT2D eigenvalue weighted by molar-refractivity contribution is 9.10. The normalized spacial score (nSPS) is 10.7. The summed E-state index contributed by atoms with van der Waals surface area (Å²) in [4.78, 5) is 12.5. The average Bonchev–Trinajstić information content (AvgIpc) is 3.22. The second-order valence-electron chi connectivity index (χ2n) is 7.49. The van der Waals surface area contributed by atoms with E-state index in [-0.39, 0.29) is 23.8 Å². The van der Waals surface area contributed by atoms with E-state index in [0.29, 0.717) is 34.1 Å². The maximum absolute atomic E-state index is 11.8. The lowest BCUT2D eigenvalue weighted by Crippen LogP contribution is -2.04. The Labute approximate surface area is 215 Å². The van der Waals surface area contributed by atoms with Gasteiger partial charge in [-0.1, -0.05) is 60.7 Å². The van der Waals surface area contributed by atoms with Crippen LogP contribution >= 0.6 is 27.3 Å². The zero-order valence-corrected chi connectivity index (χ0v) is 21.1. The van der Waals surface area contributed by atoms with Gasteiger partial charge in [0.2, 0.25) is 0 Å². The Bertz CT molecular complexity index is 1270. The quantitative estimate of drug-likeness (QED) is 0.223. The van der Waals surface area contributed by atoms with Crippen molar-refractivity contribution >= 4 is 33.2 Å². The van der Waals surface area contributed by atoms with Gasteiger partial charge in [0, 0.05) is 0 Å². The highest BCUT2D eigenvalue weighted by Gasteiger charge is 2.24. The minimum atomic E-state index is -1.10. The molecule has 0 bridgehead atoms. The highest BCUT2D eigenvalue weighted by atomic mass is 79.9. The van der Waals surface area contributed by atoms with Crippen molar-refractivity contribution < 1.29 is 29.2 Å². The number of aromatic carboxylic acids is 1. The summed E-state index contributed by atoms with van der Waals surface area (Å²) in [6.07, 6.45) is 0. The maximum atomic E-state index is 11.8. The molecule has 0 amide bonds. The molecular weight excluding hydrogens is 532 g/mol. The number of aliphatic hydroxyl groups is 1. The molecule has 2 N–H and O–H groups in total. The molecule has 180 valence electrons. The topological polar surface area (TPSA) is 85.2 Å². The largest absolute Gasteiger partial charge is 0.488 e. The molecule has 0 fully saturated rings. The predicted octanol–water partition coefficient (Wildman–Crippen LogP) is 6.40. The standard InChI is InChI=1S/C27H23BrO6S/c28-23-24(32-14-13-29)26(27(30)31)35-25(23)20-11-12-21(33-16-18-7-3-1-4-8-18)22(15-20)34-17-19-9-5-2-6-10-19/h1-12,15,29H,13-14,16-17H2,(H,30,31). The molecule has 0 spiro atoms. The molecule has 3 aromatic carbocycles. The Morgan fingerprint density at radius 1 is 0.829 bits per heavy atom. The second kappa shape index (κ2) is 11.9. The van der Waals surface area contributed by atoms with Crippen LogP contribution in [0.1, 0.15) is 20.8 Å². The van der Waals surface area contributed by atoms with Crippen molar-refractivity contribution in [2.45, 2.75) is 13.2 Å². The Balaban J connectivity index is 1.67. The first-order chi connectivity index (χ1) is 17.1. The van der Waals surface area contributed by atoms with Crippen molar-refractivity contribution in [1.82, 2.24) is 0 Å². The van der Waals surface area contributed by atoms with Gasteiger partial charge in [-0.3, -0.25) is 0 Å². The van der Waals surface area contributed by atoms with Gasteiger partial charge < -0.3 is 24.4 Å². The summed E-state index contributed by atoms with van der Waals surface area (Å²) in [5.74, 6) is 0.217. The van der Waals surface area contributed by atoms with Crippen LogP contribution in [-0.2, 0) is 13.2 Å². The summed E-state index contributed by atoms with van der Waals surface area (Å²) in [5, 5.41) is 18.7. The fourth-order valence-electron chi connectivity index (χ4n) is 3.35. The van der Waals surface area contributed by atoms with Crippen LogP contribution in [0.2, 0.25) is 0 Å². The molecule has 4 rings (SSSR count). The Morgan fingerprint density at radius 2 is 1.43 bits per heavy atom. The van der Waals surface area contributed by atoms with Crippen LogP contribution in [0.5, 0.6) is 17.2 Å². The molecule has 0 unspecified atom stereocenters. The van der Waals surface area contributed by atoms with E-state index in [1.165, 1.54) is 0 Å². The first kappa shape index (κ1) is 24.8. The van der Waals surface area contributed by atoms with E-state index in [9.17, 15) is 9.90 Å². The molecule has 6 nitrogen and oxygen atoms in total. The molecule has 0 aliphatic carbocycles. The third-order valence-electron chi connectivity index (χ3n) is 5.02. The minimum absolute atomic E-state index is 0.00719. The highest BCUT2D eigenvalue weighted by Crippen LogP contribution is 2.47. The number of ether oxygens (including phenoxy) is 3. The zero-order valence-electron chi connectivity index (χ0n) is 18.6. The molecule has 0 aliphatic heterocycles. The van der Waals surface area contributed by atoms with E-state index in [1.807, 2.05) is 78.9 Å². The number of rotatable bonds is 11. The van der Waals surface area contributed by atoms with Gasteiger partial charge >= 0.3 is 5.97 Å². The van der Waals surface area contributed by atoms with Crippen LogP contribution in [-0.4, -0.2) is 29.4 Å². The number of carboxylic acid groups (broad SMARTS) is 1. The monoisotopic (exact) mass is 554 g/mol. The molecule has 0 radical (unpaired) electrons. The van der Waals surface area contributed by atoms with E-state index in [4.69, 9.17) is 19.3 Å². The molecule has 1 heterocycles. The molecule has 0 aliphatic rings. The lowest BCUT2D eigenvalue weighted by Gasteiger charge is -2.14. The number of benzene rings is 3. The molecule has 8 heteroatoms. The van der Waals surface area contributed by atoms with Gasteiger partial charge in [-0.2, -0.15) is 0 Å². The van der Waals surface area contributed by atoms with E-state index < -0.39 is 5.97 Å². The van der Waals surface area contributed by atoms with Crippen LogP contribution < -0.4 is 14.2 Å². The Morgan fingerprint density at radius 3 is 2.00 bits per heavy atom. The van der Waals surface area contributed by atoms with Crippen LogP contribution in [0.4, 0.5) is 0 Å². The zero-order chi connectivity index (χ0) is 24.6. The Hall–Kier alpha value is -3.33. The van der Waals surface area contributed by atoms with Crippen molar-refractivity contribution in [2.24, 2.45) is 0 Å². The fraction of sp³-hybridized carbons (Fsp3) is 0.148. The molecular formula is C27H23BrO6S. The van der Waals surface area contributed by atoms with Gasteiger partial charge in [-0.05, 0) is 50.8 Å². The van der Waals surface area contributed by atoms with E-state index in [0.717, 1.165) is 28.0 Å². The number of halogens is 1. The number of hydrogen-bond donors (Lipinski definition) is 2. The average molecular weight is 555 g/mol. The lowest BCUT2D eigenvalue weighted by atomic mass is 10.1. The molecule has 1 aromatic heterocycles. The smallest absolute Gasteiger partial charge is 0.349 e. The summed E-state index contributed by atoms with van der Waals surface area (Å²) in [5.41, 5.74) is 2.79. The summed E-state index contributed by atoms with van der Waals surface area (Å²) in [6, 6.07) is 25.2. The van der Waals surface area contributed by atoms with Gasteiger partial charge in [-0.25, -0.2) is 4.79 Å². The molecule has 0 saturated carbocycles. The van der Waals surface area contributed by atoms with Gasteiger partial charge in [0.1, 0.15) is 19.8 Å². The number of carbonyl (C=O) groups is 1. The number of hydrogen-bond acceptors (Lipinski definition) is 6. The van der Waals surface area contributed by atoms with Gasteiger partial charge in [0.05, 0.1) is 16.0 Å². The lowest BCUT2D eigenvalue weighted by molar-refractivity contribution is 0.0696. The number of aliphatic hydroxyl groups excluding tert-OH is 1. The summed E-state index contributed by atoms with van der Waals surface area (Å²) >= 11 is 4.57. The SMILES string of the molecule is O=C(O)c1sc(-c2ccc(OCc3ccccc3)c(OCc3ccccc3)c2)c(Br)c1OCCO. The van der Waals surface area contributed by atoms with Crippen LogP contribution in [0.15, 0.2) is 83.3 Å². The van der Waals surface area contributed by atoms with Crippen molar-refractivity contribution in [3.63, 3.8) is 0 Å². The second-order valence-corrected chi connectivity index (χ2v) is 9.30. The first-order valence-electron chi connectivity index (χ1n) is 10.8. The number of carboxylic acids is 1. The van der Waals surface area contributed by atoms with Crippen molar-refractivity contribution in [1.29, 1.82) is 0 Å². The number of thiophene rings is 1. The minimum Gasteiger partial charge on any atom is -0.488 e. The molecule has 35 heavy (non-hydrogen) atoms. The summed E-state index contributed by atoms with van der Waals surface area (Å²) < 4.78 is 18.2. The fourth-order valence-corrected chi connectivity index (χ4v) is 5.24. The first-order valence-corrected chi connectivity index (χ1v) is 12.4. The summed E-state index contributed by atoms with van der Waals surface area (Å²) in [6.45, 7) is 0.504. The van der Waals surface area contributed by atoms with Gasteiger partial charge in [0.25, 0.3) is 0 Å². The van der Waals surface area contributed by atoms with Gasteiger partial charge in [-0.15, -0.1) is 11.3 Å². The third kappa shape index (κ3) is 6.22. The van der Waals surface area contributed by atoms with Crippen molar-refractivity contribution in [2.75, 3.05) is 13.2 Å². The molecule has 4 aromatic rings. The van der Waals surface area contributed by atoms with Crippen LogP contribution in [0, 0.1) is 0 Å². The van der Waals surface area contributed by atoms with Crippen LogP contribution in [0.25, 0.3) is 10.4 Å². The summed E-state index contributed by atoms with van der Waals surface area (Å²) in [7, 11) is 0. The maximum Gasteiger partial charge on any atom is 0.349 e. The van der Waals surface area contributed by atoms with E-state index >= 15 is 0 Å². The van der Waals surface area contributed by atoms with Crippen molar-refractivity contribution in [3.8, 4) is 27.7 Å². The Kier molecular flexibility index (Phi) is 8.41.